The summed E-state index contributed by atoms with van der Waals surface area (Å²) in [5.74, 6) is 0.889. The van der Waals surface area contributed by atoms with Crippen LogP contribution in [-0.2, 0) is 0 Å². The Bertz CT molecular complexity index is 683. The normalized spacial score (nSPS) is 19.6. The van der Waals surface area contributed by atoms with E-state index in [4.69, 9.17) is 0 Å². The minimum Gasteiger partial charge on any atom is -0.352 e. The maximum absolute atomic E-state index is 11.5. The Morgan fingerprint density at radius 2 is 2.29 bits per heavy atom. The molecular formula is C14H22N6O. The van der Waals surface area contributed by atoms with E-state index >= 15 is 0 Å². The van der Waals surface area contributed by atoms with Gasteiger partial charge in [-0.25, -0.2) is 19.3 Å². The monoisotopic (exact) mass is 290 g/mol. The Kier molecular flexibility index (Phi) is 3.44. The van der Waals surface area contributed by atoms with Gasteiger partial charge in [0.1, 0.15) is 12.1 Å². The number of anilines is 1. The first-order chi connectivity index (χ1) is 9.94. The molecule has 1 saturated heterocycles. The zero-order valence-electron chi connectivity index (χ0n) is 12.8. The number of aromatic amines is 1. The van der Waals surface area contributed by atoms with Crippen LogP contribution in [0.15, 0.2) is 17.2 Å². The Hall–Kier alpha value is -1.89. The Labute approximate surface area is 123 Å². The van der Waals surface area contributed by atoms with E-state index in [1.807, 2.05) is 6.07 Å². The molecule has 3 heterocycles. The molecule has 1 atom stereocenters. The summed E-state index contributed by atoms with van der Waals surface area (Å²) in [5, 5.41) is 10.00. The minimum atomic E-state index is -0.253. The SMILES string of the molecule is CC(C)(C)NCC1CCCN1c1cc2n[nH]c(=O)n2cn1. The van der Waals surface area contributed by atoms with Gasteiger partial charge in [-0.05, 0) is 33.6 Å². The molecule has 0 radical (unpaired) electrons. The number of hydrogen-bond donors (Lipinski definition) is 2. The van der Waals surface area contributed by atoms with Gasteiger partial charge >= 0.3 is 5.69 Å². The van der Waals surface area contributed by atoms with E-state index < -0.39 is 0 Å². The number of rotatable bonds is 3. The third-order valence-electron chi connectivity index (χ3n) is 3.83. The average molecular weight is 290 g/mol. The maximum Gasteiger partial charge on any atom is 0.348 e. The lowest BCUT2D eigenvalue weighted by Crippen LogP contribution is -2.45. The lowest BCUT2D eigenvalue weighted by Gasteiger charge is -2.29. The Morgan fingerprint density at radius 3 is 3.05 bits per heavy atom. The van der Waals surface area contributed by atoms with E-state index in [9.17, 15) is 4.79 Å². The first-order valence-electron chi connectivity index (χ1n) is 7.38. The van der Waals surface area contributed by atoms with Gasteiger partial charge in [0.25, 0.3) is 0 Å². The molecule has 21 heavy (non-hydrogen) atoms. The highest BCUT2D eigenvalue weighted by Gasteiger charge is 2.27. The number of aromatic nitrogens is 4. The van der Waals surface area contributed by atoms with Gasteiger partial charge in [0.05, 0.1) is 0 Å². The van der Waals surface area contributed by atoms with Crippen LogP contribution in [0.1, 0.15) is 33.6 Å². The lowest BCUT2D eigenvalue weighted by molar-refractivity contribution is 0.404. The quantitative estimate of drug-likeness (QED) is 0.873. The fourth-order valence-corrected chi connectivity index (χ4v) is 2.73. The van der Waals surface area contributed by atoms with Gasteiger partial charge in [0.2, 0.25) is 0 Å². The first kappa shape index (κ1) is 14.1. The van der Waals surface area contributed by atoms with Crippen LogP contribution >= 0.6 is 0 Å². The van der Waals surface area contributed by atoms with Crippen molar-refractivity contribution in [2.24, 2.45) is 0 Å². The molecule has 0 saturated carbocycles. The molecule has 0 amide bonds. The van der Waals surface area contributed by atoms with E-state index in [2.05, 4.69) is 46.2 Å². The second-order valence-electron chi connectivity index (χ2n) is 6.62. The smallest absolute Gasteiger partial charge is 0.348 e. The van der Waals surface area contributed by atoms with Crippen LogP contribution in [0.5, 0.6) is 0 Å². The summed E-state index contributed by atoms with van der Waals surface area (Å²) in [5.41, 5.74) is 0.470. The molecule has 2 aromatic heterocycles. The van der Waals surface area contributed by atoms with Gasteiger partial charge in [-0.1, -0.05) is 0 Å². The Morgan fingerprint density at radius 1 is 1.48 bits per heavy atom. The fourth-order valence-electron chi connectivity index (χ4n) is 2.73. The van der Waals surface area contributed by atoms with Crippen LogP contribution in [0.25, 0.3) is 5.65 Å². The molecule has 1 unspecified atom stereocenters. The predicted octanol–water partition coefficient (Wildman–Crippen LogP) is 0.774. The molecule has 1 fully saturated rings. The highest BCUT2D eigenvalue weighted by molar-refractivity contribution is 5.51. The molecular weight excluding hydrogens is 268 g/mol. The van der Waals surface area contributed by atoms with Crippen LogP contribution in [0.2, 0.25) is 0 Å². The second kappa shape index (κ2) is 5.14. The van der Waals surface area contributed by atoms with Crippen molar-refractivity contribution in [1.82, 2.24) is 24.9 Å². The topological polar surface area (TPSA) is 78.3 Å². The van der Waals surface area contributed by atoms with Gasteiger partial charge in [-0.15, -0.1) is 0 Å². The van der Waals surface area contributed by atoms with Crippen molar-refractivity contribution in [3.8, 4) is 0 Å². The van der Waals surface area contributed by atoms with Crippen LogP contribution < -0.4 is 15.9 Å². The van der Waals surface area contributed by atoms with E-state index in [0.717, 1.165) is 31.7 Å². The molecule has 0 aliphatic carbocycles. The number of H-pyrrole nitrogens is 1. The number of nitrogens with zero attached hydrogens (tertiary/aromatic N) is 4. The van der Waals surface area contributed by atoms with Crippen molar-refractivity contribution < 1.29 is 0 Å². The summed E-state index contributed by atoms with van der Waals surface area (Å²) < 4.78 is 1.42. The van der Waals surface area contributed by atoms with Crippen molar-refractivity contribution in [1.29, 1.82) is 0 Å². The number of nitrogens with one attached hydrogen (secondary N) is 2. The van der Waals surface area contributed by atoms with Gasteiger partial charge in [-0.3, -0.25) is 0 Å². The summed E-state index contributed by atoms with van der Waals surface area (Å²) in [6, 6.07) is 2.30. The highest BCUT2D eigenvalue weighted by Crippen LogP contribution is 2.24. The van der Waals surface area contributed by atoms with E-state index in [0.29, 0.717) is 11.7 Å². The van der Waals surface area contributed by atoms with Crippen LogP contribution in [-0.4, -0.2) is 44.3 Å². The molecule has 114 valence electrons. The van der Waals surface area contributed by atoms with Crippen molar-refractivity contribution in [2.75, 3.05) is 18.0 Å². The van der Waals surface area contributed by atoms with Crippen molar-refractivity contribution in [3.05, 3.63) is 22.9 Å². The van der Waals surface area contributed by atoms with Crippen molar-refractivity contribution in [2.45, 2.75) is 45.2 Å². The predicted molar refractivity (Wildman–Crippen MR) is 81.7 cm³/mol. The molecule has 0 spiro atoms. The van der Waals surface area contributed by atoms with Crippen molar-refractivity contribution >= 4 is 11.5 Å². The molecule has 7 heteroatoms. The van der Waals surface area contributed by atoms with Crippen LogP contribution in [0.3, 0.4) is 0 Å². The van der Waals surface area contributed by atoms with E-state index in [1.165, 1.54) is 4.40 Å². The molecule has 2 N–H and O–H groups in total. The van der Waals surface area contributed by atoms with E-state index in [-0.39, 0.29) is 11.2 Å². The summed E-state index contributed by atoms with van der Waals surface area (Å²) in [7, 11) is 0. The molecule has 2 aromatic rings. The van der Waals surface area contributed by atoms with Crippen LogP contribution in [0.4, 0.5) is 5.82 Å². The number of fused-ring (bicyclic) bond motifs is 1. The first-order valence-corrected chi connectivity index (χ1v) is 7.38. The third kappa shape index (κ3) is 2.92. The largest absolute Gasteiger partial charge is 0.352 e. The summed E-state index contributed by atoms with van der Waals surface area (Å²) in [6.07, 6.45) is 3.86. The van der Waals surface area contributed by atoms with Gasteiger partial charge in [-0.2, -0.15) is 5.10 Å². The minimum absolute atomic E-state index is 0.112. The lowest BCUT2D eigenvalue weighted by atomic mass is 10.1. The van der Waals surface area contributed by atoms with Gasteiger partial charge < -0.3 is 10.2 Å². The molecule has 7 nitrogen and oxygen atoms in total. The highest BCUT2D eigenvalue weighted by atomic mass is 16.1. The standard InChI is InChI=1S/C14H22N6O/c1-14(2,3)16-8-10-5-4-6-19(10)11-7-12-17-18-13(21)20(12)9-15-11/h7,9-10,16H,4-6,8H2,1-3H3,(H,18,21). The Balaban J connectivity index is 1.81. The fraction of sp³-hybridized carbons (Fsp3) is 0.643. The molecule has 3 rings (SSSR count). The number of hydrogen-bond acceptors (Lipinski definition) is 5. The van der Waals surface area contributed by atoms with Gasteiger partial charge in [0.15, 0.2) is 5.65 Å². The second-order valence-corrected chi connectivity index (χ2v) is 6.62. The zero-order chi connectivity index (χ0) is 15.0. The molecule has 0 bridgehead atoms. The maximum atomic E-state index is 11.5. The summed E-state index contributed by atoms with van der Waals surface area (Å²) >= 11 is 0. The summed E-state index contributed by atoms with van der Waals surface area (Å²) in [4.78, 5) is 18.2. The van der Waals surface area contributed by atoms with Crippen molar-refractivity contribution in [3.63, 3.8) is 0 Å². The van der Waals surface area contributed by atoms with E-state index in [1.54, 1.807) is 6.33 Å². The van der Waals surface area contributed by atoms with Gasteiger partial charge in [0, 0.05) is 30.7 Å². The zero-order valence-corrected chi connectivity index (χ0v) is 12.8. The molecule has 0 aromatic carbocycles. The average Bonchev–Trinajstić information content (AvgIpc) is 3.02. The van der Waals surface area contributed by atoms with Crippen LogP contribution in [0, 0.1) is 0 Å². The molecule has 1 aliphatic rings. The molecule has 1 aliphatic heterocycles. The third-order valence-corrected chi connectivity index (χ3v) is 3.83. The summed E-state index contributed by atoms with van der Waals surface area (Å²) in [6.45, 7) is 8.45.